The summed E-state index contributed by atoms with van der Waals surface area (Å²) in [5.74, 6) is 1.54. The zero-order chi connectivity index (χ0) is 17.8. The zero-order valence-electron chi connectivity index (χ0n) is 16.1. The highest BCUT2D eigenvalue weighted by Gasteiger charge is 2.35. The third-order valence-electron chi connectivity index (χ3n) is 5.93. The Hall–Kier alpha value is -1.30. The Labute approximate surface area is 152 Å². The number of guanidine groups is 1. The van der Waals surface area contributed by atoms with Crippen molar-refractivity contribution in [3.8, 4) is 0 Å². The zero-order valence-corrected chi connectivity index (χ0v) is 16.1. The van der Waals surface area contributed by atoms with Gasteiger partial charge in [0.1, 0.15) is 6.54 Å². The van der Waals surface area contributed by atoms with Crippen LogP contribution in [0.4, 0.5) is 0 Å². The van der Waals surface area contributed by atoms with Crippen LogP contribution in [0.5, 0.6) is 0 Å². The van der Waals surface area contributed by atoms with E-state index < -0.39 is 0 Å². The lowest BCUT2D eigenvalue weighted by atomic mass is 9.86. The Balaban J connectivity index is 1.58. The van der Waals surface area contributed by atoms with Gasteiger partial charge in [0, 0.05) is 45.3 Å². The monoisotopic (exact) mass is 349 g/mol. The third kappa shape index (κ3) is 5.33. The molecule has 0 aromatic rings. The number of rotatable bonds is 5. The van der Waals surface area contributed by atoms with Crippen LogP contribution in [0.2, 0.25) is 0 Å². The number of likely N-dealkylation sites (tertiary alicyclic amines) is 1. The summed E-state index contributed by atoms with van der Waals surface area (Å²) < 4.78 is 0. The fraction of sp³-hybridized carbons (Fsp3) is 0.895. The molecule has 1 heterocycles. The fourth-order valence-corrected chi connectivity index (χ4v) is 4.00. The molecule has 0 aromatic carbocycles. The van der Waals surface area contributed by atoms with Gasteiger partial charge in [0.15, 0.2) is 5.96 Å². The van der Waals surface area contributed by atoms with Gasteiger partial charge in [0.25, 0.3) is 0 Å². The number of likely N-dealkylation sites (N-methyl/N-ethyl adjacent to an activating group) is 1. The van der Waals surface area contributed by atoms with Crippen molar-refractivity contribution in [1.29, 1.82) is 0 Å². The molecule has 1 aliphatic heterocycles. The molecule has 3 atom stereocenters. The molecule has 2 saturated carbocycles. The Morgan fingerprint density at radius 3 is 2.56 bits per heavy atom. The van der Waals surface area contributed by atoms with Crippen LogP contribution in [0.15, 0.2) is 4.99 Å². The molecule has 3 fully saturated rings. The van der Waals surface area contributed by atoms with Crippen LogP contribution in [0.25, 0.3) is 0 Å². The minimum Gasteiger partial charge on any atom is -0.353 e. The Kier molecular flexibility index (Phi) is 6.20. The van der Waals surface area contributed by atoms with Crippen molar-refractivity contribution in [1.82, 2.24) is 20.4 Å². The smallest absolute Gasteiger partial charge is 0.243 e. The highest BCUT2D eigenvalue weighted by atomic mass is 16.2. The largest absolute Gasteiger partial charge is 0.353 e. The van der Waals surface area contributed by atoms with Crippen LogP contribution >= 0.6 is 0 Å². The van der Waals surface area contributed by atoms with E-state index in [1.54, 1.807) is 19.0 Å². The molecule has 2 N–H and O–H groups in total. The number of nitrogens with zero attached hydrogens (tertiary/aromatic N) is 3. The van der Waals surface area contributed by atoms with Gasteiger partial charge >= 0.3 is 0 Å². The molecule has 3 rings (SSSR count). The SMILES string of the molecule is CC1CCCCC1NC(=NCC(=O)N(C)C)NC1CCN(C2CC2)C1. The number of nitrogens with one attached hydrogen (secondary N) is 2. The summed E-state index contributed by atoms with van der Waals surface area (Å²) in [5.41, 5.74) is 0. The fourth-order valence-electron chi connectivity index (χ4n) is 4.00. The van der Waals surface area contributed by atoms with Crippen LogP contribution < -0.4 is 10.6 Å². The van der Waals surface area contributed by atoms with Gasteiger partial charge in [-0.05, 0) is 38.0 Å². The minimum absolute atomic E-state index is 0.0452. The van der Waals surface area contributed by atoms with E-state index in [-0.39, 0.29) is 12.5 Å². The topological polar surface area (TPSA) is 60.0 Å². The summed E-state index contributed by atoms with van der Waals surface area (Å²) in [4.78, 5) is 20.8. The van der Waals surface area contributed by atoms with Gasteiger partial charge < -0.3 is 15.5 Å². The average Bonchev–Trinajstić information content (AvgIpc) is 3.34. The average molecular weight is 350 g/mol. The Bertz CT molecular complexity index is 488. The second-order valence-electron chi connectivity index (χ2n) is 8.32. The summed E-state index contributed by atoms with van der Waals surface area (Å²) in [7, 11) is 3.57. The Morgan fingerprint density at radius 1 is 1.12 bits per heavy atom. The van der Waals surface area contributed by atoms with E-state index in [9.17, 15) is 4.79 Å². The highest BCUT2D eigenvalue weighted by molar-refractivity contribution is 5.85. The van der Waals surface area contributed by atoms with E-state index in [0.29, 0.717) is 18.0 Å². The van der Waals surface area contributed by atoms with E-state index in [1.807, 2.05) is 0 Å². The first-order valence-corrected chi connectivity index (χ1v) is 10.0. The molecule has 1 amide bonds. The molecule has 0 radical (unpaired) electrons. The predicted octanol–water partition coefficient (Wildman–Crippen LogP) is 1.43. The van der Waals surface area contributed by atoms with Gasteiger partial charge in [-0.15, -0.1) is 0 Å². The summed E-state index contributed by atoms with van der Waals surface area (Å²) >= 11 is 0. The second-order valence-corrected chi connectivity index (χ2v) is 8.32. The number of aliphatic imine (C=N–C) groups is 1. The van der Waals surface area contributed by atoms with Crippen molar-refractivity contribution in [2.24, 2.45) is 10.9 Å². The van der Waals surface area contributed by atoms with E-state index in [2.05, 4.69) is 27.4 Å². The van der Waals surface area contributed by atoms with Gasteiger partial charge in [-0.25, -0.2) is 4.99 Å². The van der Waals surface area contributed by atoms with E-state index >= 15 is 0 Å². The van der Waals surface area contributed by atoms with Crippen molar-refractivity contribution in [3.05, 3.63) is 0 Å². The standard InChI is InChI=1S/C19H35N5O/c1-14-6-4-5-7-17(14)22-19(20-12-18(25)23(2)3)21-15-10-11-24(13-15)16-8-9-16/h14-17H,4-13H2,1-3H3,(H2,20,21,22). The highest BCUT2D eigenvalue weighted by Crippen LogP contribution is 2.29. The number of carbonyl (C=O) groups is 1. The van der Waals surface area contributed by atoms with Crippen LogP contribution in [0.3, 0.4) is 0 Å². The van der Waals surface area contributed by atoms with Crippen LogP contribution in [-0.4, -0.2) is 73.5 Å². The molecule has 3 aliphatic rings. The maximum atomic E-state index is 11.9. The number of hydrogen-bond acceptors (Lipinski definition) is 3. The summed E-state index contributed by atoms with van der Waals surface area (Å²) in [6.45, 7) is 4.82. The minimum atomic E-state index is 0.0452. The lowest BCUT2D eigenvalue weighted by molar-refractivity contribution is -0.127. The van der Waals surface area contributed by atoms with Crippen molar-refractivity contribution in [2.45, 2.75) is 70.0 Å². The quantitative estimate of drug-likeness (QED) is 0.582. The van der Waals surface area contributed by atoms with Gasteiger partial charge in [0.05, 0.1) is 0 Å². The maximum Gasteiger partial charge on any atom is 0.243 e. The third-order valence-corrected chi connectivity index (χ3v) is 5.93. The molecule has 0 spiro atoms. The summed E-state index contributed by atoms with van der Waals surface area (Å²) in [5, 5.41) is 7.25. The van der Waals surface area contributed by atoms with Crippen LogP contribution in [-0.2, 0) is 4.79 Å². The molecule has 2 aliphatic carbocycles. The van der Waals surface area contributed by atoms with E-state index in [1.165, 1.54) is 51.5 Å². The number of carbonyl (C=O) groups excluding carboxylic acids is 1. The number of amides is 1. The summed E-state index contributed by atoms with van der Waals surface area (Å²) in [6, 6.07) is 1.74. The molecule has 142 valence electrons. The molecule has 3 unspecified atom stereocenters. The molecule has 1 saturated heterocycles. The second kappa shape index (κ2) is 8.39. The predicted molar refractivity (Wildman–Crippen MR) is 102 cm³/mol. The molecule has 6 nitrogen and oxygen atoms in total. The first-order valence-electron chi connectivity index (χ1n) is 10.0. The summed E-state index contributed by atoms with van der Waals surface area (Å²) in [6.07, 6.45) is 8.98. The molecular weight excluding hydrogens is 314 g/mol. The first kappa shape index (κ1) is 18.5. The van der Waals surface area contributed by atoms with Crippen LogP contribution in [0, 0.1) is 5.92 Å². The maximum absolute atomic E-state index is 11.9. The van der Waals surface area contributed by atoms with Gasteiger partial charge in [-0.3, -0.25) is 9.69 Å². The van der Waals surface area contributed by atoms with E-state index in [0.717, 1.165) is 18.5 Å². The van der Waals surface area contributed by atoms with E-state index in [4.69, 9.17) is 0 Å². The molecular formula is C19H35N5O. The van der Waals surface area contributed by atoms with Gasteiger partial charge in [-0.1, -0.05) is 19.8 Å². The van der Waals surface area contributed by atoms with Crippen LogP contribution in [0.1, 0.15) is 51.9 Å². The lowest BCUT2D eigenvalue weighted by Gasteiger charge is -2.31. The van der Waals surface area contributed by atoms with Crippen molar-refractivity contribution in [2.75, 3.05) is 33.7 Å². The van der Waals surface area contributed by atoms with Crippen molar-refractivity contribution in [3.63, 3.8) is 0 Å². The molecule has 0 aromatic heterocycles. The van der Waals surface area contributed by atoms with Crippen molar-refractivity contribution < 1.29 is 4.79 Å². The Morgan fingerprint density at radius 2 is 1.88 bits per heavy atom. The molecule has 0 bridgehead atoms. The molecule has 6 heteroatoms. The van der Waals surface area contributed by atoms with Gasteiger partial charge in [-0.2, -0.15) is 0 Å². The molecule has 25 heavy (non-hydrogen) atoms. The first-order chi connectivity index (χ1) is 12.0. The van der Waals surface area contributed by atoms with Gasteiger partial charge in [0.2, 0.25) is 5.91 Å². The normalized spacial score (nSPS) is 31.0. The van der Waals surface area contributed by atoms with Crippen molar-refractivity contribution >= 4 is 11.9 Å². The number of hydrogen-bond donors (Lipinski definition) is 2. The lowest BCUT2D eigenvalue weighted by Crippen LogP contribution is -2.51.